The smallest absolute Gasteiger partial charge is 0.217 e. The van der Waals surface area contributed by atoms with Gasteiger partial charge < -0.3 is 10.3 Å². The summed E-state index contributed by atoms with van der Waals surface area (Å²) in [4.78, 5) is 0. The normalized spacial score (nSPS) is 25.4. The van der Waals surface area contributed by atoms with Crippen LogP contribution in [-0.4, -0.2) is 25.7 Å². The van der Waals surface area contributed by atoms with Crippen molar-refractivity contribution in [2.45, 2.75) is 37.6 Å². The van der Waals surface area contributed by atoms with Crippen molar-refractivity contribution in [2.75, 3.05) is 0 Å². The molecule has 1 heterocycles. The van der Waals surface area contributed by atoms with E-state index in [4.69, 9.17) is 10.3 Å². The molecule has 0 aromatic carbocycles. The highest BCUT2D eigenvalue weighted by Gasteiger charge is 2.29. The molecule has 2 rings (SSSR count). The lowest BCUT2D eigenvalue weighted by molar-refractivity contribution is 0.326. The van der Waals surface area contributed by atoms with Gasteiger partial charge in [0.2, 0.25) is 10.0 Å². The average Bonchev–Trinajstić information content (AvgIpc) is 2.47. The maximum absolute atomic E-state index is 11.7. The van der Waals surface area contributed by atoms with Gasteiger partial charge in [-0.1, -0.05) is 5.16 Å². The molecule has 1 aromatic heterocycles. The Morgan fingerprint density at radius 2 is 2.31 bits per heavy atom. The lowest BCUT2D eigenvalue weighted by atomic mass is 9.89. The van der Waals surface area contributed by atoms with E-state index in [1.807, 2.05) is 0 Å². The number of nitrogens with one attached hydrogen (secondary N) is 1. The lowest BCUT2D eigenvalue weighted by Gasteiger charge is -2.32. The highest BCUT2D eigenvalue weighted by molar-refractivity contribution is 7.88. The summed E-state index contributed by atoms with van der Waals surface area (Å²) in [6, 6.07) is 1.72. The molecule has 0 spiro atoms. The predicted octanol–water partition coefficient (Wildman–Crippen LogP) is -0.108. The summed E-state index contributed by atoms with van der Waals surface area (Å²) in [5.41, 5.74) is 6.01. The van der Waals surface area contributed by atoms with E-state index in [9.17, 15) is 8.42 Å². The zero-order chi connectivity index (χ0) is 11.8. The van der Waals surface area contributed by atoms with Crippen molar-refractivity contribution in [2.24, 2.45) is 5.73 Å². The second-order valence-electron chi connectivity index (χ2n) is 4.23. The van der Waals surface area contributed by atoms with Gasteiger partial charge in [-0.2, -0.15) is 0 Å². The quantitative estimate of drug-likeness (QED) is 0.771. The maximum Gasteiger partial charge on any atom is 0.217 e. The second-order valence-corrected chi connectivity index (χ2v) is 5.99. The summed E-state index contributed by atoms with van der Waals surface area (Å²) in [6.07, 6.45) is 1.41. The Balaban J connectivity index is 1.93. The van der Waals surface area contributed by atoms with Crippen LogP contribution < -0.4 is 10.5 Å². The van der Waals surface area contributed by atoms with Crippen molar-refractivity contribution < 1.29 is 12.9 Å². The minimum Gasteiger partial charge on any atom is -0.361 e. The Labute approximate surface area is 94.2 Å². The third-order valence-corrected chi connectivity index (χ3v) is 3.90. The first kappa shape index (κ1) is 11.6. The third-order valence-electron chi connectivity index (χ3n) is 2.54. The molecule has 7 heteroatoms. The minimum atomic E-state index is -3.33. The van der Waals surface area contributed by atoms with Gasteiger partial charge in [0.05, 0.1) is 0 Å². The van der Waals surface area contributed by atoms with Crippen molar-refractivity contribution in [3.63, 3.8) is 0 Å². The summed E-state index contributed by atoms with van der Waals surface area (Å²) < 4.78 is 30.8. The molecule has 0 bridgehead atoms. The van der Waals surface area contributed by atoms with Crippen molar-refractivity contribution in [3.05, 3.63) is 17.5 Å². The van der Waals surface area contributed by atoms with Gasteiger partial charge in [0.1, 0.15) is 17.2 Å². The Bertz CT molecular complexity index is 462. The van der Waals surface area contributed by atoms with E-state index in [1.54, 1.807) is 13.0 Å². The third kappa shape index (κ3) is 2.81. The molecule has 0 atom stereocenters. The van der Waals surface area contributed by atoms with Gasteiger partial charge >= 0.3 is 0 Å². The van der Waals surface area contributed by atoms with Crippen LogP contribution in [0.5, 0.6) is 0 Å². The summed E-state index contributed by atoms with van der Waals surface area (Å²) in [6.45, 7) is 1.72. The number of nitrogens with zero attached hydrogens (tertiary/aromatic N) is 1. The molecule has 6 nitrogen and oxygen atoms in total. The van der Waals surface area contributed by atoms with Gasteiger partial charge in [-0.05, 0) is 19.8 Å². The maximum atomic E-state index is 11.7. The highest BCUT2D eigenvalue weighted by Crippen LogP contribution is 2.19. The number of hydrogen-bond acceptors (Lipinski definition) is 5. The zero-order valence-corrected chi connectivity index (χ0v) is 9.83. The summed E-state index contributed by atoms with van der Waals surface area (Å²) in [5.74, 6) is 0.465. The molecule has 16 heavy (non-hydrogen) atoms. The molecule has 0 aliphatic heterocycles. The second kappa shape index (κ2) is 4.15. The fourth-order valence-corrected chi connectivity index (χ4v) is 3.04. The molecule has 0 radical (unpaired) electrons. The van der Waals surface area contributed by atoms with Crippen LogP contribution >= 0.6 is 0 Å². The van der Waals surface area contributed by atoms with E-state index in [2.05, 4.69) is 9.88 Å². The van der Waals surface area contributed by atoms with E-state index in [1.165, 1.54) is 0 Å². The fraction of sp³-hybridized carbons (Fsp3) is 0.667. The molecule has 0 unspecified atom stereocenters. The Morgan fingerprint density at radius 1 is 1.62 bits per heavy atom. The zero-order valence-electron chi connectivity index (χ0n) is 9.01. The standard InChI is InChI=1S/C9H15N3O3S/c1-6-2-9(11-15-6)5-16(13,14)12-8-3-7(10)4-8/h2,7-8,12H,3-5,10H2,1H3. The first-order chi connectivity index (χ1) is 7.44. The number of sulfonamides is 1. The van der Waals surface area contributed by atoms with E-state index in [-0.39, 0.29) is 17.8 Å². The van der Waals surface area contributed by atoms with Crippen molar-refractivity contribution in [1.29, 1.82) is 0 Å². The first-order valence-electron chi connectivity index (χ1n) is 5.12. The number of aromatic nitrogens is 1. The van der Waals surface area contributed by atoms with Crippen LogP contribution in [0.15, 0.2) is 10.6 Å². The summed E-state index contributed by atoms with van der Waals surface area (Å²) in [5, 5.41) is 3.65. The number of rotatable bonds is 4. The van der Waals surface area contributed by atoms with Crippen molar-refractivity contribution >= 4 is 10.0 Å². The molecular weight excluding hydrogens is 230 g/mol. The highest BCUT2D eigenvalue weighted by atomic mass is 32.2. The Hall–Kier alpha value is -0.920. The van der Waals surface area contributed by atoms with E-state index < -0.39 is 10.0 Å². The van der Waals surface area contributed by atoms with Crippen LogP contribution in [0.25, 0.3) is 0 Å². The van der Waals surface area contributed by atoms with E-state index >= 15 is 0 Å². The van der Waals surface area contributed by atoms with Crippen LogP contribution in [0.3, 0.4) is 0 Å². The SMILES string of the molecule is Cc1cc(CS(=O)(=O)NC2CC(N)C2)no1. The monoisotopic (exact) mass is 245 g/mol. The van der Waals surface area contributed by atoms with E-state index in [0.29, 0.717) is 24.3 Å². The molecule has 1 aliphatic rings. The predicted molar refractivity (Wildman–Crippen MR) is 58.0 cm³/mol. The summed E-state index contributed by atoms with van der Waals surface area (Å²) in [7, 11) is -3.33. The average molecular weight is 245 g/mol. The fourth-order valence-electron chi connectivity index (χ4n) is 1.73. The number of aryl methyl sites for hydroxylation is 1. The Kier molecular flexibility index (Phi) is 3.00. The van der Waals surface area contributed by atoms with E-state index in [0.717, 1.165) is 0 Å². The molecule has 3 N–H and O–H groups in total. The van der Waals surface area contributed by atoms with Gasteiger partial charge in [0, 0.05) is 18.2 Å². The molecule has 1 fully saturated rings. The van der Waals surface area contributed by atoms with Crippen LogP contribution in [-0.2, 0) is 15.8 Å². The van der Waals surface area contributed by atoms with Gasteiger partial charge in [-0.25, -0.2) is 13.1 Å². The van der Waals surface area contributed by atoms with Crippen LogP contribution in [0.1, 0.15) is 24.3 Å². The van der Waals surface area contributed by atoms with Gasteiger partial charge in [0.15, 0.2) is 0 Å². The van der Waals surface area contributed by atoms with Crippen molar-refractivity contribution in [3.8, 4) is 0 Å². The molecule has 0 amide bonds. The molecule has 1 saturated carbocycles. The lowest BCUT2D eigenvalue weighted by Crippen LogP contribution is -2.50. The molecule has 1 aliphatic carbocycles. The van der Waals surface area contributed by atoms with Crippen LogP contribution in [0, 0.1) is 6.92 Å². The summed E-state index contributed by atoms with van der Waals surface area (Å²) >= 11 is 0. The van der Waals surface area contributed by atoms with Gasteiger partial charge in [0.25, 0.3) is 0 Å². The van der Waals surface area contributed by atoms with Gasteiger partial charge in [-0.15, -0.1) is 0 Å². The topological polar surface area (TPSA) is 98.2 Å². The molecule has 0 saturated heterocycles. The molecule has 1 aromatic rings. The van der Waals surface area contributed by atoms with Crippen molar-refractivity contribution in [1.82, 2.24) is 9.88 Å². The van der Waals surface area contributed by atoms with Crippen LogP contribution in [0.2, 0.25) is 0 Å². The van der Waals surface area contributed by atoms with Crippen LogP contribution in [0.4, 0.5) is 0 Å². The largest absolute Gasteiger partial charge is 0.361 e. The first-order valence-corrected chi connectivity index (χ1v) is 6.77. The Morgan fingerprint density at radius 3 is 2.81 bits per heavy atom. The minimum absolute atomic E-state index is 0.0204. The number of hydrogen-bond donors (Lipinski definition) is 2. The molecule has 90 valence electrons. The van der Waals surface area contributed by atoms with Gasteiger partial charge in [-0.3, -0.25) is 0 Å². The number of nitrogens with two attached hydrogens (primary N) is 1. The molecular formula is C9H15N3O3S.